The zero-order valence-corrected chi connectivity index (χ0v) is 25.6. The van der Waals surface area contributed by atoms with E-state index in [1.807, 2.05) is 91.0 Å². The number of hydrogen-bond donors (Lipinski definition) is 4. The van der Waals surface area contributed by atoms with Crippen LogP contribution in [0, 0.1) is 35.5 Å². The predicted octanol–water partition coefficient (Wildman–Crippen LogP) is 8.05. The van der Waals surface area contributed by atoms with Crippen LogP contribution in [-0.4, -0.2) is 10.2 Å². The van der Waals surface area contributed by atoms with Gasteiger partial charge in [-0.15, -0.1) is 0 Å². The number of rotatable bonds is 4. The molecule has 0 fully saturated rings. The molecule has 0 aliphatic heterocycles. The highest BCUT2D eigenvalue weighted by atomic mass is 16.5. The lowest BCUT2D eigenvalue weighted by Gasteiger charge is -2.16. The third-order valence-electron chi connectivity index (χ3n) is 7.03. The number of nitrogen functional groups attached to an aromatic ring is 2. The quantitative estimate of drug-likeness (QED) is 0.0898. The largest absolute Gasteiger partial charge is 0.506 e. The van der Waals surface area contributed by atoms with E-state index in [4.69, 9.17) is 20.9 Å². The molecule has 0 atom stereocenters. The van der Waals surface area contributed by atoms with E-state index >= 15 is 0 Å². The van der Waals surface area contributed by atoms with E-state index in [-0.39, 0.29) is 22.9 Å². The van der Waals surface area contributed by atoms with Crippen molar-refractivity contribution in [1.29, 1.82) is 0 Å². The Labute approximate surface area is 278 Å². The fourth-order valence-electron chi connectivity index (χ4n) is 4.58. The van der Waals surface area contributed by atoms with E-state index in [1.165, 1.54) is 24.3 Å². The minimum atomic E-state index is -0.0682. The Kier molecular flexibility index (Phi) is 9.16. The molecule has 6 N–H and O–H groups in total. The minimum absolute atomic E-state index is 0.0682. The second kappa shape index (κ2) is 14.3. The van der Waals surface area contributed by atoms with Crippen LogP contribution in [0.2, 0.25) is 0 Å². The molecule has 0 saturated carbocycles. The summed E-state index contributed by atoms with van der Waals surface area (Å²) in [5.74, 6) is 20.8. The SMILES string of the molecule is Nc1cc(Oc2cc(Oc3ccc(O)c(N)c3)c(C#Cc3ccccc3)c(C#Cc3ccccc3)c2C#Cc2ccccc2)ccc1O. The Morgan fingerprint density at radius 2 is 0.750 bits per heavy atom. The molecule has 0 aliphatic carbocycles. The number of anilines is 2. The summed E-state index contributed by atoms with van der Waals surface area (Å²) in [5.41, 5.74) is 16.1. The first-order chi connectivity index (χ1) is 23.4. The van der Waals surface area contributed by atoms with Crippen molar-refractivity contribution in [2.75, 3.05) is 11.5 Å². The zero-order valence-electron chi connectivity index (χ0n) is 25.6. The first-order valence-electron chi connectivity index (χ1n) is 14.9. The van der Waals surface area contributed by atoms with E-state index in [1.54, 1.807) is 18.2 Å². The maximum Gasteiger partial charge on any atom is 0.148 e. The average Bonchev–Trinajstić information content (AvgIpc) is 3.11. The highest BCUT2D eigenvalue weighted by Gasteiger charge is 2.20. The van der Waals surface area contributed by atoms with Crippen molar-refractivity contribution < 1.29 is 19.7 Å². The van der Waals surface area contributed by atoms with Crippen LogP contribution in [0.25, 0.3) is 0 Å². The topological polar surface area (TPSA) is 111 Å². The van der Waals surface area contributed by atoms with Gasteiger partial charge in [-0.3, -0.25) is 0 Å². The highest BCUT2D eigenvalue weighted by molar-refractivity contribution is 5.72. The van der Waals surface area contributed by atoms with Crippen LogP contribution in [0.1, 0.15) is 33.4 Å². The van der Waals surface area contributed by atoms with Crippen molar-refractivity contribution in [3.05, 3.63) is 167 Å². The lowest BCUT2D eigenvalue weighted by Crippen LogP contribution is -2.00. The van der Waals surface area contributed by atoms with Crippen LogP contribution >= 0.6 is 0 Å². The molecule has 6 nitrogen and oxygen atoms in total. The maximum atomic E-state index is 10.1. The molecule has 0 heterocycles. The monoisotopic (exact) mass is 624 g/mol. The molecule has 6 rings (SSSR count). The smallest absolute Gasteiger partial charge is 0.148 e. The van der Waals surface area contributed by atoms with Gasteiger partial charge in [-0.05, 0) is 60.7 Å². The normalized spacial score (nSPS) is 9.92. The summed E-state index contributed by atoms with van der Waals surface area (Å²) in [4.78, 5) is 0. The third kappa shape index (κ3) is 7.53. The highest BCUT2D eigenvalue weighted by Crippen LogP contribution is 2.39. The van der Waals surface area contributed by atoms with Crippen LogP contribution in [0.15, 0.2) is 133 Å². The molecular weight excluding hydrogens is 596 g/mol. The second-order valence-electron chi connectivity index (χ2n) is 10.5. The zero-order chi connectivity index (χ0) is 33.3. The van der Waals surface area contributed by atoms with Gasteiger partial charge < -0.3 is 31.2 Å². The molecule has 6 aromatic carbocycles. The van der Waals surface area contributed by atoms with Crippen LogP contribution in [-0.2, 0) is 0 Å². The fourth-order valence-corrected chi connectivity index (χ4v) is 4.58. The van der Waals surface area contributed by atoms with Crippen molar-refractivity contribution in [2.45, 2.75) is 0 Å². The van der Waals surface area contributed by atoms with Crippen LogP contribution in [0.4, 0.5) is 11.4 Å². The van der Waals surface area contributed by atoms with Gasteiger partial charge in [0.2, 0.25) is 0 Å². The molecule has 0 saturated heterocycles. The molecule has 230 valence electrons. The molecule has 0 spiro atoms. The number of hydrogen-bond acceptors (Lipinski definition) is 6. The Morgan fingerprint density at radius 3 is 1.10 bits per heavy atom. The first-order valence-corrected chi connectivity index (χ1v) is 14.9. The molecule has 0 unspecified atom stereocenters. The number of nitrogens with two attached hydrogens (primary N) is 2. The molecule has 0 bridgehead atoms. The molecule has 6 aromatic rings. The van der Waals surface area contributed by atoms with Crippen LogP contribution in [0.3, 0.4) is 0 Å². The minimum Gasteiger partial charge on any atom is -0.506 e. The Morgan fingerprint density at radius 1 is 0.396 bits per heavy atom. The Bertz CT molecular complexity index is 2150. The lowest BCUT2D eigenvalue weighted by atomic mass is 9.97. The van der Waals surface area contributed by atoms with Gasteiger partial charge in [0.05, 0.1) is 28.1 Å². The molecule has 48 heavy (non-hydrogen) atoms. The van der Waals surface area contributed by atoms with Gasteiger partial charge in [0.15, 0.2) is 0 Å². The molecule has 0 aliphatic rings. The van der Waals surface area contributed by atoms with Crippen molar-refractivity contribution in [3.63, 3.8) is 0 Å². The number of ether oxygens (including phenoxy) is 2. The van der Waals surface area contributed by atoms with E-state index < -0.39 is 0 Å². The van der Waals surface area contributed by atoms with Crippen LogP contribution in [0.5, 0.6) is 34.5 Å². The van der Waals surface area contributed by atoms with Gasteiger partial charge in [-0.1, -0.05) is 90.1 Å². The van der Waals surface area contributed by atoms with Crippen molar-refractivity contribution >= 4 is 11.4 Å². The van der Waals surface area contributed by atoms with Crippen molar-refractivity contribution in [2.24, 2.45) is 0 Å². The fraction of sp³-hybridized carbons (Fsp3) is 0. The van der Waals surface area contributed by atoms with Gasteiger partial charge in [0.25, 0.3) is 0 Å². The Balaban J connectivity index is 1.65. The lowest BCUT2D eigenvalue weighted by molar-refractivity contribution is 0.452. The number of phenols is 2. The van der Waals surface area contributed by atoms with Crippen molar-refractivity contribution in [3.8, 4) is 70.0 Å². The number of phenolic OH excluding ortho intramolecular Hbond substituents is 2. The number of aromatic hydroxyl groups is 2. The van der Waals surface area contributed by atoms with Gasteiger partial charge in [0.1, 0.15) is 34.5 Å². The molecular formula is C42H28N2O4. The number of benzene rings is 6. The summed E-state index contributed by atoms with van der Waals surface area (Å²) in [6, 6.07) is 39.5. The molecule has 0 amide bonds. The molecule has 0 radical (unpaired) electrons. The van der Waals surface area contributed by atoms with Gasteiger partial charge in [0, 0.05) is 34.9 Å². The van der Waals surface area contributed by atoms with Gasteiger partial charge >= 0.3 is 0 Å². The Hall–Kier alpha value is -7.20. The first kappa shape index (κ1) is 30.8. The summed E-state index contributed by atoms with van der Waals surface area (Å²) in [6.45, 7) is 0. The molecule has 0 aromatic heterocycles. The summed E-state index contributed by atoms with van der Waals surface area (Å²) in [6.07, 6.45) is 0. The summed E-state index contributed by atoms with van der Waals surface area (Å²) in [7, 11) is 0. The second-order valence-corrected chi connectivity index (χ2v) is 10.5. The molecule has 6 heteroatoms. The van der Waals surface area contributed by atoms with E-state index in [9.17, 15) is 10.2 Å². The maximum absolute atomic E-state index is 10.1. The van der Waals surface area contributed by atoms with Crippen molar-refractivity contribution in [1.82, 2.24) is 0 Å². The van der Waals surface area contributed by atoms with E-state index in [0.29, 0.717) is 39.7 Å². The summed E-state index contributed by atoms with van der Waals surface area (Å²) in [5, 5.41) is 20.1. The summed E-state index contributed by atoms with van der Waals surface area (Å²) >= 11 is 0. The average molecular weight is 625 g/mol. The van der Waals surface area contributed by atoms with Gasteiger partial charge in [-0.2, -0.15) is 0 Å². The van der Waals surface area contributed by atoms with Gasteiger partial charge in [-0.25, -0.2) is 0 Å². The standard InChI is InChI=1S/C42H28N2O4/c43-37-26-32(19-24-39(37)45)47-41-28-42(48-33-20-25-40(46)38(44)27-33)36(23-18-31-14-8-3-9-15-31)34(21-16-29-10-4-1-5-11-29)35(41)22-17-30-12-6-2-7-13-30/h1-15,19-20,24-28,45-46H,43-44H2. The third-order valence-corrected chi connectivity index (χ3v) is 7.03. The predicted molar refractivity (Wildman–Crippen MR) is 189 cm³/mol. The van der Waals surface area contributed by atoms with E-state index in [0.717, 1.165) is 16.7 Å². The van der Waals surface area contributed by atoms with Crippen LogP contribution < -0.4 is 20.9 Å². The van der Waals surface area contributed by atoms with E-state index in [2.05, 4.69) is 35.5 Å². The summed E-state index contributed by atoms with van der Waals surface area (Å²) < 4.78 is 12.8.